The summed E-state index contributed by atoms with van der Waals surface area (Å²) in [4.78, 5) is 2.26. The van der Waals surface area contributed by atoms with Gasteiger partial charge in [-0.1, -0.05) is 55.7 Å². The van der Waals surface area contributed by atoms with Crippen LogP contribution in [0.4, 0.5) is 0 Å². The zero-order chi connectivity index (χ0) is 15.8. The van der Waals surface area contributed by atoms with E-state index in [1.807, 2.05) is 12.2 Å². The van der Waals surface area contributed by atoms with E-state index >= 15 is 0 Å². The fourth-order valence-electron chi connectivity index (χ4n) is 3.33. The van der Waals surface area contributed by atoms with E-state index in [0.717, 1.165) is 25.6 Å². The number of hydrogen-bond donors (Lipinski definition) is 0. The highest BCUT2D eigenvalue weighted by atomic mass is 35.5. The third kappa shape index (κ3) is 5.00. The van der Waals surface area contributed by atoms with Crippen LogP contribution in [0.5, 0.6) is 0 Å². The van der Waals surface area contributed by atoms with Gasteiger partial charge in [0.15, 0.2) is 0 Å². The Bertz CT molecular complexity index is 449. The molecule has 0 bridgehead atoms. The highest BCUT2D eigenvalue weighted by Gasteiger charge is 2.17. The van der Waals surface area contributed by atoms with E-state index in [1.54, 1.807) is 0 Å². The first kappa shape index (κ1) is 17.3. The molecule has 1 aliphatic carbocycles. The predicted molar refractivity (Wildman–Crippen MR) is 97.7 cm³/mol. The maximum Gasteiger partial charge on any atom is 0.0712 e. The Balaban J connectivity index is 1.96. The van der Waals surface area contributed by atoms with Crippen LogP contribution in [-0.2, 0) is 0 Å². The van der Waals surface area contributed by atoms with Crippen LogP contribution in [0.15, 0.2) is 49.6 Å². The number of rotatable bonds is 8. The topological polar surface area (TPSA) is 3.24 Å². The molecule has 0 saturated heterocycles. The van der Waals surface area contributed by atoms with E-state index in [2.05, 4.69) is 42.3 Å². The van der Waals surface area contributed by atoms with Gasteiger partial charge in [0.1, 0.15) is 0 Å². The number of halogens is 1. The van der Waals surface area contributed by atoms with Crippen molar-refractivity contribution < 1.29 is 0 Å². The van der Waals surface area contributed by atoms with E-state index in [1.165, 1.54) is 43.2 Å². The molecule has 0 heterocycles. The average Bonchev–Trinajstić information content (AvgIpc) is 2.56. The Labute approximate surface area is 140 Å². The van der Waals surface area contributed by atoms with Crippen LogP contribution in [0.25, 0.3) is 0 Å². The summed E-state index contributed by atoms with van der Waals surface area (Å²) >= 11 is 6.60. The van der Waals surface area contributed by atoms with Crippen molar-refractivity contribution in [2.45, 2.75) is 43.4 Å². The second-order valence-electron chi connectivity index (χ2n) is 6.27. The lowest BCUT2D eigenvalue weighted by atomic mass is 9.84. The summed E-state index contributed by atoms with van der Waals surface area (Å²) in [5.41, 5.74) is 2.70. The van der Waals surface area contributed by atoms with Gasteiger partial charge in [0.05, 0.1) is 5.38 Å². The fraction of sp³-hybridized carbons (Fsp3) is 0.500. The summed E-state index contributed by atoms with van der Waals surface area (Å²) in [6.45, 7) is 10.1. The minimum absolute atomic E-state index is 0.0142. The first-order chi connectivity index (χ1) is 10.7. The Morgan fingerprint density at radius 1 is 1.05 bits per heavy atom. The van der Waals surface area contributed by atoms with E-state index in [0.29, 0.717) is 0 Å². The van der Waals surface area contributed by atoms with Gasteiger partial charge in [-0.25, -0.2) is 0 Å². The molecule has 0 radical (unpaired) electrons. The van der Waals surface area contributed by atoms with Crippen molar-refractivity contribution in [1.29, 1.82) is 0 Å². The van der Waals surface area contributed by atoms with Crippen molar-refractivity contribution in [2.75, 3.05) is 19.6 Å². The molecule has 0 aromatic heterocycles. The SMILES string of the molecule is C=CCN(CC=C)CC(Cl)c1ccc(C2CCCCC2)cc1. The lowest BCUT2D eigenvalue weighted by Crippen LogP contribution is -2.27. The summed E-state index contributed by atoms with van der Waals surface area (Å²) in [6, 6.07) is 8.99. The molecule has 1 aromatic carbocycles. The van der Waals surface area contributed by atoms with Crippen LogP contribution in [-0.4, -0.2) is 24.5 Å². The molecule has 0 N–H and O–H groups in total. The first-order valence-electron chi connectivity index (χ1n) is 8.42. The molecule has 0 spiro atoms. The summed E-state index contributed by atoms with van der Waals surface area (Å²) in [6.07, 6.45) is 10.7. The highest BCUT2D eigenvalue weighted by Crippen LogP contribution is 2.33. The van der Waals surface area contributed by atoms with Crippen LogP contribution in [0.2, 0.25) is 0 Å². The molecule has 1 aromatic rings. The molecule has 0 amide bonds. The number of nitrogens with zero attached hydrogens (tertiary/aromatic N) is 1. The Kier molecular flexibility index (Phi) is 7.21. The maximum absolute atomic E-state index is 6.60. The van der Waals surface area contributed by atoms with E-state index in [9.17, 15) is 0 Å². The van der Waals surface area contributed by atoms with Crippen LogP contribution in [0.3, 0.4) is 0 Å². The van der Waals surface area contributed by atoms with Crippen molar-refractivity contribution in [2.24, 2.45) is 0 Å². The van der Waals surface area contributed by atoms with Gasteiger partial charge in [0.25, 0.3) is 0 Å². The molecule has 2 heteroatoms. The van der Waals surface area contributed by atoms with Gasteiger partial charge in [-0.15, -0.1) is 24.8 Å². The van der Waals surface area contributed by atoms with Gasteiger partial charge in [-0.05, 0) is 29.9 Å². The minimum atomic E-state index is 0.0142. The highest BCUT2D eigenvalue weighted by molar-refractivity contribution is 6.21. The van der Waals surface area contributed by atoms with Crippen LogP contribution >= 0.6 is 11.6 Å². The molecule has 1 atom stereocenters. The van der Waals surface area contributed by atoms with Gasteiger partial charge in [0, 0.05) is 19.6 Å². The van der Waals surface area contributed by atoms with Gasteiger partial charge < -0.3 is 0 Å². The molecular formula is C20H28ClN. The Hall–Kier alpha value is -1.05. The molecule has 22 heavy (non-hydrogen) atoms. The molecule has 1 saturated carbocycles. The normalized spacial score (nSPS) is 17.4. The van der Waals surface area contributed by atoms with Crippen molar-refractivity contribution >= 4 is 11.6 Å². The van der Waals surface area contributed by atoms with Gasteiger partial charge in [-0.3, -0.25) is 4.90 Å². The lowest BCUT2D eigenvalue weighted by Gasteiger charge is -2.24. The van der Waals surface area contributed by atoms with E-state index < -0.39 is 0 Å². The second kappa shape index (κ2) is 9.17. The Morgan fingerprint density at radius 2 is 1.64 bits per heavy atom. The Morgan fingerprint density at radius 3 is 2.18 bits per heavy atom. The standard InChI is InChI=1S/C20H28ClN/c1-3-14-22(15-4-2)16-20(21)19-12-10-18(11-13-19)17-8-6-5-7-9-17/h3-4,10-13,17,20H,1-2,5-9,14-16H2. The van der Waals surface area contributed by atoms with Crippen molar-refractivity contribution in [3.8, 4) is 0 Å². The maximum atomic E-state index is 6.60. The molecule has 1 unspecified atom stereocenters. The third-order valence-electron chi connectivity index (χ3n) is 4.57. The number of benzene rings is 1. The van der Waals surface area contributed by atoms with Crippen molar-refractivity contribution in [3.63, 3.8) is 0 Å². The quantitative estimate of drug-likeness (QED) is 0.440. The number of alkyl halides is 1. The molecule has 1 fully saturated rings. The van der Waals surface area contributed by atoms with Gasteiger partial charge >= 0.3 is 0 Å². The van der Waals surface area contributed by atoms with Crippen LogP contribution in [0.1, 0.15) is 54.5 Å². The molecule has 1 aliphatic rings. The minimum Gasteiger partial charge on any atom is -0.294 e. The van der Waals surface area contributed by atoms with Gasteiger partial charge in [-0.2, -0.15) is 0 Å². The van der Waals surface area contributed by atoms with E-state index in [-0.39, 0.29) is 5.38 Å². The van der Waals surface area contributed by atoms with E-state index in [4.69, 9.17) is 11.6 Å². The van der Waals surface area contributed by atoms with Gasteiger partial charge in [0.2, 0.25) is 0 Å². The zero-order valence-corrected chi connectivity index (χ0v) is 14.3. The zero-order valence-electron chi connectivity index (χ0n) is 13.5. The first-order valence-corrected chi connectivity index (χ1v) is 8.86. The van der Waals surface area contributed by atoms with Crippen molar-refractivity contribution in [1.82, 2.24) is 4.90 Å². The largest absolute Gasteiger partial charge is 0.294 e. The summed E-state index contributed by atoms with van der Waals surface area (Å²) in [5, 5.41) is 0.0142. The smallest absolute Gasteiger partial charge is 0.0712 e. The molecule has 0 aliphatic heterocycles. The summed E-state index contributed by atoms with van der Waals surface area (Å²) in [7, 11) is 0. The predicted octanol–water partition coefficient (Wildman–Crippen LogP) is 5.69. The van der Waals surface area contributed by atoms with Crippen LogP contribution < -0.4 is 0 Å². The van der Waals surface area contributed by atoms with Crippen molar-refractivity contribution in [3.05, 3.63) is 60.7 Å². The average molecular weight is 318 g/mol. The third-order valence-corrected chi connectivity index (χ3v) is 4.96. The fourth-order valence-corrected chi connectivity index (χ4v) is 3.67. The lowest BCUT2D eigenvalue weighted by molar-refractivity contribution is 0.335. The second-order valence-corrected chi connectivity index (χ2v) is 6.79. The molecule has 120 valence electrons. The monoisotopic (exact) mass is 317 g/mol. The van der Waals surface area contributed by atoms with Crippen LogP contribution in [0, 0.1) is 0 Å². The molecular weight excluding hydrogens is 290 g/mol. The number of hydrogen-bond acceptors (Lipinski definition) is 1. The summed E-state index contributed by atoms with van der Waals surface area (Å²) < 4.78 is 0. The molecule has 1 nitrogen and oxygen atoms in total. The summed E-state index contributed by atoms with van der Waals surface area (Å²) in [5.74, 6) is 0.759. The molecule has 2 rings (SSSR count).